The minimum atomic E-state index is -0.0618. The van der Waals surface area contributed by atoms with Crippen molar-refractivity contribution in [3.05, 3.63) is 35.2 Å². The van der Waals surface area contributed by atoms with E-state index >= 15 is 0 Å². The Morgan fingerprint density at radius 2 is 2.16 bits per heavy atom. The Morgan fingerprint density at radius 3 is 2.84 bits per heavy atom. The Bertz CT molecular complexity index is 755. The highest BCUT2D eigenvalue weighted by molar-refractivity contribution is 5.92. The minimum absolute atomic E-state index is 0.0618. The Kier molecular flexibility index (Phi) is 4.20. The van der Waals surface area contributed by atoms with E-state index in [0.29, 0.717) is 30.7 Å². The van der Waals surface area contributed by atoms with Gasteiger partial charge in [0, 0.05) is 26.1 Å². The van der Waals surface area contributed by atoms with Gasteiger partial charge in [0.2, 0.25) is 0 Å². The summed E-state index contributed by atoms with van der Waals surface area (Å²) in [5.74, 6) is 2.69. The number of H-pyrrole nitrogens is 1. The highest BCUT2D eigenvalue weighted by Gasteiger charge is 2.46. The third-order valence-electron chi connectivity index (χ3n) is 5.06. The van der Waals surface area contributed by atoms with Crippen LogP contribution in [0.3, 0.4) is 0 Å². The van der Waals surface area contributed by atoms with E-state index in [9.17, 15) is 4.79 Å². The van der Waals surface area contributed by atoms with Gasteiger partial charge in [-0.15, -0.1) is 5.10 Å². The van der Waals surface area contributed by atoms with Crippen molar-refractivity contribution in [1.82, 2.24) is 30.3 Å². The molecule has 4 rings (SSSR count). The van der Waals surface area contributed by atoms with Crippen LogP contribution in [0.15, 0.2) is 12.1 Å². The smallest absolute Gasteiger partial charge is 0.274 e. The van der Waals surface area contributed by atoms with Gasteiger partial charge in [-0.25, -0.2) is 4.98 Å². The number of carbonyl (C=O) groups is 1. The van der Waals surface area contributed by atoms with E-state index in [1.807, 2.05) is 17.9 Å². The number of hydrogen-bond donors (Lipinski definition) is 1. The van der Waals surface area contributed by atoms with Crippen molar-refractivity contribution in [2.24, 2.45) is 11.8 Å². The summed E-state index contributed by atoms with van der Waals surface area (Å²) in [5, 5.41) is 15.3. The largest absolute Gasteiger partial charge is 0.377 e. The van der Waals surface area contributed by atoms with Crippen molar-refractivity contribution in [2.75, 3.05) is 20.2 Å². The van der Waals surface area contributed by atoms with E-state index < -0.39 is 0 Å². The standard InChI is InChI=1S/C17H22N6O2/c1-10-3-6-14(20-19-10)17(24)23-7-12(11-4-5-11)13(8-23)16-18-15(9-25-2)21-22-16/h3,6,11-13H,4-5,7-9H2,1-2H3,(H,18,21,22)/t12-,13+/m1/s1. The lowest BCUT2D eigenvalue weighted by molar-refractivity contribution is 0.0777. The minimum Gasteiger partial charge on any atom is -0.377 e. The zero-order chi connectivity index (χ0) is 17.4. The predicted octanol–water partition coefficient (Wildman–Crippen LogP) is 1.32. The van der Waals surface area contributed by atoms with Gasteiger partial charge in [-0.2, -0.15) is 10.2 Å². The SMILES string of the molecule is COCc1nc([C@H]2CN(C(=O)c3ccc(C)nn3)C[C@@H]2C2CC2)n[nH]1. The maximum absolute atomic E-state index is 12.8. The molecular formula is C17H22N6O2. The molecule has 25 heavy (non-hydrogen) atoms. The van der Waals surface area contributed by atoms with Gasteiger partial charge in [-0.1, -0.05) is 0 Å². The number of nitrogens with one attached hydrogen (secondary N) is 1. The first-order valence-electron chi connectivity index (χ1n) is 8.65. The molecule has 1 amide bonds. The van der Waals surface area contributed by atoms with Gasteiger partial charge >= 0.3 is 0 Å². The fraction of sp³-hybridized carbons (Fsp3) is 0.588. The van der Waals surface area contributed by atoms with Crippen LogP contribution in [-0.4, -0.2) is 56.4 Å². The van der Waals surface area contributed by atoms with Gasteiger partial charge in [-0.05, 0) is 43.7 Å². The third-order valence-corrected chi connectivity index (χ3v) is 5.06. The summed E-state index contributed by atoms with van der Waals surface area (Å²) < 4.78 is 5.10. The second-order valence-electron chi connectivity index (χ2n) is 6.95. The fourth-order valence-corrected chi connectivity index (χ4v) is 3.62. The zero-order valence-corrected chi connectivity index (χ0v) is 14.5. The van der Waals surface area contributed by atoms with Crippen molar-refractivity contribution in [2.45, 2.75) is 32.3 Å². The van der Waals surface area contributed by atoms with Crippen molar-refractivity contribution in [3.63, 3.8) is 0 Å². The molecule has 1 aliphatic carbocycles. The van der Waals surface area contributed by atoms with Crippen LogP contribution in [0, 0.1) is 18.8 Å². The molecule has 132 valence electrons. The lowest BCUT2D eigenvalue weighted by Gasteiger charge is -2.15. The molecule has 2 atom stereocenters. The maximum atomic E-state index is 12.8. The molecule has 0 bridgehead atoms. The van der Waals surface area contributed by atoms with E-state index in [-0.39, 0.29) is 11.8 Å². The summed E-state index contributed by atoms with van der Waals surface area (Å²) in [6, 6.07) is 3.56. The predicted molar refractivity (Wildman–Crippen MR) is 88.7 cm³/mol. The zero-order valence-electron chi connectivity index (χ0n) is 14.5. The molecule has 0 aromatic carbocycles. The molecule has 1 saturated carbocycles. The van der Waals surface area contributed by atoms with Gasteiger partial charge in [0.15, 0.2) is 17.3 Å². The number of ether oxygens (including phenoxy) is 1. The molecule has 0 radical (unpaired) electrons. The summed E-state index contributed by atoms with van der Waals surface area (Å²) in [7, 11) is 1.63. The number of likely N-dealkylation sites (tertiary alicyclic amines) is 1. The van der Waals surface area contributed by atoms with Crippen LogP contribution >= 0.6 is 0 Å². The fourth-order valence-electron chi connectivity index (χ4n) is 3.62. The van der Waals surface area contributed by atoms with Crippen LogP contribution in [0.5, 0.6) is 0 Å². The number of amides is 1. The summed E-state index contributed by atoms with van der Waals surface area (Å²) in [6.45, 7) is 3.63. The molecule has 1 aliphatic heterocycles. The van der Waals surface area contributed by atoms with Crippen LogP contribution in [0.4, 0.5) is 0 Å². The molecule has 3 heterocycles. The Morgan fingerprint density at radius 1 is 1.32 bits per heavy atom. The van der Waals surface area contributed by atoms with Crippen LogP contribution in [0.2, 0.25) is 0 Å². The third kappa shape index (κ3) is 3.26. The van der Waals surface area contributed by atoms with Crippen LogP contribution in [0.25, 0.3) is 0 Å². The molecule has 8 heteroatoms. The molecule has 2 aliphatic rings. The normalized spacial score (nSPS) is 23.2. The first-order chi connectivity index (χ1) is 12.2. The highest BCUT2D eigenvalue weighted by Crippen LogP contribution is 2.47. The Labute approximate surface area is 146 Å². The summed E-state index contributed by atoms with van der Waals surface area (Å²) in [4.78, 5) is 19.2. The van der Waals surface area contributed by atoms with Gasteiger partial charge in [0.25, 0.3) is 5.91 Å². The Hall–Kier alpha value is -2.35. The number of hydrogen-bond acceptors (Lipinski definition) is 6. The molecule has 0 unspecified atom stereocenters. The van der Waals surface area contributed by atoms with E-state index in [2.05, 4.69) is 25.4 Å². The molecule has 2 aromatic heterocycles. The topological polar surface area (TPSA) is 96.9 Å². The summed E-state index contributed by atoms with van der Waals surface area (Å²) in [5.41, 5.74) is 1.20. The van der Waals surface area contributed by atoms with Gasteiger partial charge in [-0.3, -0.25) is 9.89 Å². The van der Waals surface area contributed by atoms with Gasteiger partial charge in [0.1, 0.15) is 6.61 Å². The van der Waals surface area contributed by atoms with Crippen LogP contribution in [-0.2, 0) is 11.3 Å². The number of rotatable bonds is 5. The molecule has 1 saturated heterocycles. The summed E-state index contributed by atoms with van der Waals surface area (Å²) in [6.07, 6.45) is 2.45. The van der Waals surface area contributed by atoms with E-state index in [1.165, 1.54) is 12.8 Å². The number of aromatic amines is 1. The van der Waals surface area contributed by atoms with Crippen molar-refractivity contribution < 1.29 is 9.53 Å². The van der Waals surface area contributed by atoms with Crippen molar-refractivity contribution >= 4 is 5.91 Å². The number of nitrogens with zero attached hydrogens (tertiary/aromatic N) is 5. The maximum Gasteiger partial charge on any atom is 0.274 e. The molecule has 8 nitrogen and oxygen atoms in total. The monoisotopic (exact) mass is 342 g/mol. The van der Waals surface area contributed by atoms with Crippen molar-refractivity contribution in [3.8, 4) is 0 Å². The van der Waals surface area contributed by atoms with Crippen LogP contribution < -0.4 is 0 Å². The highest BCUT2D eigenvalue weighted by atomic mass is 16.5. The molecule has 0 spiro atoms. The lowest BCUT2D eigenvalue weighted by Crippen LogP contribution is -2.30. The Balaban J connectivity index is 1.53. The van der Waals surface area contributed by atoms with E-state index in [0.717, 1.165) is 23.9 Å². The number of carbonyl (C=O) groups excluding carboxylic acids is 1. The van der Waals surface area contributed by atoms with Gasteiger partial charge < -0.3 is 9.64 Å². The van der Waals surface area contributed by atoms with Gasteiger partial charge in [0.05, 0.1) is 5.69 Å². The number of aryl methyl sites for hydroxylation is 1. The molecule has 2 fully saturated rings. The van der Waals surface area contributed by atoms with E-state index in [1.54, 1.807) is 13.2 Å². The molecule has 2 aromatic rings. The second-order valence-corrected chi connectivity index (χ2v) is 6.95. The van der Waals surface area contributed by atoms with Crippen molar-refractivity contribution in [1.29, 1.82) is 0 Å². The average molecular weight is 342 g/mol. The second kappa shape index (κ2) is 6.51. The van der Waals surface area contributed by atoms with E-state index in [4.69, 9.17) is 4.74 Å². The average Bonchev–Trinajstić information content (AvgIpc) is 3.19. The molecule has 1 N–H and O–H groups in total. The lowest BCUT2D eigenvalue weighted by atomic mass is 9.91. The molecular weight excluding hydrogens is 320 g/mol. The number of aromatic nitrogens is 5. The van der Waals surface area contributed by atoms with Crippen LogP contribution in [0.1, 0.15) is 46.6 Å². The summed E-state index contributed by atoms with van der Waals surface area (Å²) >= 11 is 0. The number of methoxy groups -OCH3 is 1. The first-order valence-corrected chi connectivity index (χ1v) is 8.65. The first kappa shape index (κ1) is 16.1. The quantitative estimate of drug-likeness (QED) is 0.880.